The van der Waals surface area contributed by atoms with Crippen molar-refractivity contribution in [3.63, 3.8) is 0 Å². The molecule has 3 atom stereocenters. The molecule has 0 amide bonds. The van der Waals surface area contributed by atoms with Crippen molar-refractivity contribution in [1.82, 2.24) is 0 Å². The lowest BCUT2D eigenvalue weighted by molar-refractivity contribution is 0.0133. The Hall–Kier alpha value is 1.09. The average Bonchev–Trinajstić information content (AvgIpc) is 2.13. The van der Waals surface area contributed by atoms with Crippen molar-refractivity contribution in [2.24, 2.45) is 0 Å². The first kappa shape index (κ1) is 15.1. The molecular formula is C7H13Br2ClO4. The normalized spacial score (nSPS) is 22.5. The summed E-state index contributed by atoms with van der Waals surface area (Å²) in [7, 11) is 0. The van der Waals surface area contributed by atoms with Crippen LogP contribution in [0.25, 0.3) is 0 Å². The molecule has 86 valence electrons. The highest BCUT2D eigenvalue weighted by Crippen LogP contribution is 2.44. The number of aliphatic hydroxyl groups excluding tert-OH is 3. The van der Waals surface area contributed by atoms with Crippen LogP contribution in [-0.2, 0) is 0 Å². The largest absolute Gasteiger partial charge is 0.396 e. The lowest BCUT2D eigenvalue weighted by Crippen LogP contribution is -2.51. The van der Waals surface area contributed by atoms with Gasteiger partial charge in [-0.15, -0.1) is 0 Å². The van der Waals surface area contributed by atoms with Crippen molar-refractivity contribution < 1.29 is 20.4 Å². The maximum absolute atomic E-state index is 9.59. The number of rotatable bonds is 6. The molecular weight excluding hydrogens is 343 g/mol. The van der Waals surface area contributed by atoms with Crippen LogP contribution < -0.4 is 0 Å². The summed E-state index contributed by atoms with van der Waals surface area (Å²) in [6.45, 7) is -0.727. The first-order chi connectivity index (χ1) is 6.29. The van der Waals surface area contributed by atoms with Crippen molar-refractivity contribution in [2.45, 2.75) is 27.2 Å². The summed E-state index contributed by atoms with van der Waals surface area (Å²) in [6, 6.07) is 0. The van der Waals surface area contributed by atoms with Crippen LogP contribution in [0.5, 0.6) is 0 Å². The Morgan fingerprint density at radius 1 is 1.29 bits per heavy atom. The number of aliphatic hydroxyl groups is 4. The lowest BCUT2D eigenvalue weighted by atomic mass is 10.1. The second-order valence-electron chi connectivity index (χ2n) is 2.92. The Labute approximate surface area is 104 Å². The average molecular weight is 356 g/mol. The molecule has 0 aliphatic rings. The molecule has 0 bridgehead atoms. The van der Waals surface area contributed by atoms with Gasteiger partial charge in [-0.25, -0.2) is 0 Å². The van der Waals surface area contributed by atoms with E-state index in [1.165, 1.54) is 0 Å². The third-order valence-electron chi connectivity index (χ3n) is 1.77. The first-order valence-corrected chi connectivity index (χ1v) is 5.95. The number of alkyl halides is 3. The highest BCUT2D eigenvalue weighted by atomic mass is 79.9. The smallest absolute Gasteiger partial charge is 0.173 e. The van der Waals surface area contributed by atoms with Gasteiger partial charge in [0.15, 0.2) is 8.29 Å². The number of hydrogen-bond acceptors (Lipinski definition) is 4. The fraction of sp³-hybridized carbons (Fsp3) is 1.00. The monoisotopic (exact) mass is 354 g/mol. The van der Waals surface area contributed by atoms with Gasteiger partial charge in [0.25, 0.3) is 0 Å². The van der Waals surface area contributed by atoms with Gasteiger partial charge >= 0.3 is 0 Å². The molecule has 0 radical (unpaired) electrons. The van der Waals surface area contributed by atoms with Crippen LogP contribution in [0.15, 0.2) is 0 Å². The van der Waals surface area contributed by atoms with E-state index in [9.17, 15) is 10.2 Å². The Morgan fingerprint density at radius 2 is 1.79 bits per heavy atom. The minimum atomic E-state index is -1.82. The third-order valence-corrected chi connectivity index (χ3v) is 5.16. The minimum Gasteiger partial charge on any atom is -0.396 e. The van der Waals surface area contributed by atoms with Crippen molar-refractivity contribution >= 4 is 43.5 Å². The van der Waals surface area contributed by atoms with Gasteiger partial charge in [0, 0.05) is 6.61 Å². The molecule has 3 unspecified atom stereocenters. The van der Waals surface area contributed by atoms with E-state index in [0.717, 1.165) is 0 Å². The summed E-state index contributed by atoms with van der Waals surface area (Å²) >= 11 is 11.6. The molecule has 14 heavy (non-hydrogen) atoms. The van der Waals surface area contributed by atoms with Crippen LogP contribution in [0.3, 0.4) is 0 Å². The molecule has 0 aliphatic carbocycles. The van der Waals surface area contributed by atoms with Gasteiger partial charge in [-0.05, 0) is 28.8 Å². The molecule has 0 aromatic rings. The molecule has 4 N–H and O–H groups in total. The predicted molar refractivity (Wildman–Crippen MR) is 60.8 cm³/mol. The molecule has 0 saturated heterocycles. The van der Waals surface area contributed by atoms with Crippen molar-refractivity contribution in [2.75, 3.05) is 13.2 Å². The van der Waals surface area contributed by atoms with Gasteiger partial charge in [0.2, 0.25) is 0 Å². The quantitative estimate of drug-likeness (QED) is 0.523. The van der Waals surface area contributed by atoms with Gasteiger partial charge in [-0.1, -0.05) is 27.5 Å². The zero-order chi connectivity index (χ0) is 11.4. The maximum atomic E-state index is 9.59. The van der Waals surface area contributed by atoms with Crippen LogP contribution >= 0.6 is 43.5 Å². The van der Waals surface area contributed by atoms with Gasteiger partial charge in [0.1, 0.15) is 0 Å². The third kappa shape index (κ3) is 3.59. The molecule has 7 heteroatoms. The van der Waals surface area contributed by atoms with Gasteiger partial charge < -0.3 is 20.4 Å². The predicted octanol–water partition coefficient (Wildman–Crippen LogP) is 0.526. The summed E-state index contributed by atoms with van der Waals surface area (Å²) in [5.41, 5.74) is 0. The van der Waals surface area contributed by atoms with Crippen LogP contribution in [0, 0.1) is 0 Å². The van der Waals surface area contributed by atoms with Crippen molar-refractivity contribution in [3.05, 3.63) is 0 Å². The van der Waals surface area contributed by atoms with E-state index < -0.39 is 21.0 Å². The zero-order valence-corrected chi connectivity index (χ0v) is 11.3. The van der Waals surface area contributed by atoms with E-state index >= 15 is 0 Å². The Morgan fingerprint density at radius 3 is 2.14 bits per heavy atom. The highest BCUT2D eigenvalue weighted by molar-refractivity contribution is 9.13. The zero-order valence-electron chi connectivity index (χ0n) is 7.33. The lowest BCUT2D eigenvalue weighted by Gasteiger charge is -2.36. The Bertz CT molecular complexity index is 177. The van der Waals surface area contributed by atoms with Crippen molar-refractivity contribution in [1.29, 1.82) is 0 Å². The van der Waals surface area contributed by atoms with E-state index in [4.69, 9.17) is 21.8 Å². The molecule has 0 aromatic heterocycles. The van der Waals surface area contributed by atoms with Crippen molar-refractivity contribution in [3.8, 4) is 0 Å². The van der Waals surface area contributed by atoms with E-state index in [1.807, 2.05) is 0 Å². The van der Waals surface area contributed by atoms with E-state index in [1.54, 1.807) is 0 Å². The molecule has 0 rings (SSSR count). The summed E-state index contributed by atoms with van der Waals surface area (Å²) in [5, 5.41) is 36.5. The van der Waals surface area contributed by atoms with E-state index in [0.29, 0.717) is 6.42 Å². The fourth-order valence-corrected chi connectivity index (χ4v) is 1.61. The fourth-order valence-electron chi connectivity index (χ4n) is 0.827. The summed E-state index contributed by atoms with van der Waals surface area (Å²) in [5.74, 6) is 0. The molecule has 0 spiro atoms. The van der Waals surface area contributed by atoms with Gasteiger partial charge in [-0.2, -0.15) is 0 Å². The van der Waals surface area contributed by atoms with Crippen LogP contribution in [0.2, 0.25) is 0 Å². The summed E-state index contributed by atoms with van der Waals surface area (Å²) < 4.78 is -3.42. The van der Waals surface area contributed by atoms with Crippen LogP contribution in [0.4, 0.5) is 0 Å². The Balaban J connectivity index is 4.43. The number of hydrogen-bond donors (Lipinski definition) is 4. The molecule has 0 fully saturated rings. The van der Waals surface area contributed by atoms with Crippen LogP contribution in [-0.4, -0.2) is 48.0 Å². The summed E-state index contributed by atoms with van der Waals surface area (Å²) in [4.78, 5) is 0. The van der Waals surface area contributed by atoms with Gasteiger partial charge in [-0.3, -0.25) is 0 Å². The first-order valence-electron chi connectivity index (χ1n) is 3.98. The van der Waals surface area contributed by atoms with Gasteiger partial charge in [0.05, 0.1) is 12.7 Å². The molecule has 0 aromatic carbocycles. The topological polar surface area (TPSA) is 80.9 Å². The standard InChI is InChI=1S/C7H13Br2ClO4/c8-6(14,4-12)7(9,10)5(13)2-1-3-11/h5,11-14H,1-4H2. The molecule has 0 heterocycles. The van der Waals surface area contributed by atoms with E-state index in [-0.39, 0.29) is 13.0 Å². The number of halogens is 3. The molecule has 0 saturated carbocycles. The van der Waals surface area contributed by atoms with E-state index in [2.05, 4.69) is 31.9 Å². The SMILES string of the molecule is OCCCC(O)C(Cl)(Br)C(O)(Br)CO. The van der Waals surface area contributed by atoms with Crippen LogP contribution in [0.1, 0.15) is 12.8 Å². The molecule has 4 nitrogen and oxygen atoms in total. The molecule has 0 aliphatic heterocycles. The maximum Gasteiger partial charge on any atom is 0.173 e. The second kappa shape index (κ2) is 5.98. The Kier molecular flexibility index (Phi) is 6.45. The summed E-state index contributed by atoms with van der Waals surface area (Å²) in [6.07, 6.45) is -0.539. The second-order valence-corrected chi connectivity index (χ2v) is 6.54. The minimum absolute atomic E-state index is 0.0726. The highest BCUT2D eigenvalue weighted by Gasteiger charge is 2.50.